The molecular formula is C24H35N3O4. The minimum atomic E-state index is -0.561. The highest BCUT2D eigenvalue weighted by molar-refractivity contribution is 5.90. The first kappa shape index (κ1) is 23.1. The molecule has 3 amide bonds. The molecule has 0 radical (unpaired) electrons. The number of likely N-dealkylation sites (N-methyl/N-ethyl adjacent to an activating group) is 1. The second kappa shape index (κ2) is 9.71. The number of hydrogen-bond acceptors (Lipinski definition) is 4. The van der Waals surface area contributed by atoms with Gasteiger partial charge in [-0.3, -0.25) is 9.59 Å². The van der Waals surface area contributed by atoms with Gasteiger partial charge in [-0.15, -0.1) is 0 Å². The van der Waals surface area contributed by atoms with Crippen LogP contribution in [0, 0.1) is 11.8 Å². The van der Waals surface area contributed by atoms with Gasteiger partial charge in [-0.25, -0.2) is 4.79 Å². The van der Waals surface area contributed by atoms with Gasteiger partial charge in [0.2, 0.25) is 11.8 Å². The summed E-state index contributed by atoms with van der Waals surface area (Å²) in [5, 5.41) is 5.58. The zero-order valence-electron chi connectivity index (χ0n) is 19.1. The lowest BCUT2D eigenvalue weighted by atomic mass is 9.80. The number of hydrogen-bond donors (Lipinski definition) is 2. The van der Waals surface area contributed by atoms with Crippen LogP contribution in [-0.2, 0) is 20.7 Å². The Bertz CT molecular complexity index is 809. The van der Waals surface area contributed by atoms with Gasteiger partial charge in [0.05, 0.1) is 0 Å². The van der Waals surface area contributed by atoms with Crippen LogP contribution in [0.1, 0.15) is 63.6 Å². The van der Waals surface area contributed by atoms with Crippen LogP contribution >= 0.6 is 0 Å². The van der Waals surface area contributed by atoms with E-state index in [-0.39, 0.29) is 17.7 Å². The highest BCUT2D eigenvalue weighted by atomic mass is 16.6. The number of fused-ring (bicyclic) bond motifs is 1. The van der Waals surface area contributed by atoms with Gasteiger partial charge in [-0.2, -0.15) is 0 Å². The van der Waals surface area contributed by atoms with E-state index in [4.69, 9.17) is 4.74 Å². The first-order valence-electron chi connectivity index (χ1n) is 11.3. The molecule has 0 bridgehead atoms. The second-order valence-corrected chi connectivity index (χ2v) is 9.60. The van der Waals surface area contributed by atoms with Crippen molar-refractivity contribution in [2.45, 2.75) is 64.5 Å². The van der Waals surface area contributed by atoms with E-state index in [0.717, 1.165) is 43.2 Å². The first-order valence-corrected chi connectivity index (χ1v) is 11.3. The van der Waals surface area contributed by atoms with Gasteiger partial charge in [0, 0.05) is 26.1 Å². The van der Waals surface area contributed by atoms with Gasteiger partial charge in [0.1, 0.15) is 11.6 Å². The van der Waals surface area contributed by atoms with Crippen LogP contribution in [0.3, 0.4) is 0 Å². The van der Waals surface area contributed by atoms with Crippen LogP contribution in [0.25, 0.3) is 0 Å². The number of rotatable bonds is 4. The molecule has 1 heterocycles. The number of alkyl carbamates (subject to hydrolysis) is 1. The molecule has 1 fully saturated rings. The third kappa shape index (κ3) is 5.77. The Morgan fingerprint density at radius 3 is 2.42 bits per heavy atom. The van der Waals surface area contributed by atoms with Gasteiger partial charge in [-0.05, 0) is 69.9 Å². The third-order valence-corrected chi connectivity index (χ3v) is 6.19. The molecule has 3 rings (SSSR count). The second-order valence-electron chi connectivity index (χ2n) is 9.60. The summed E-state index contributed by atoms with van der Waals surface area (Å²) in [5.74, 6) is 0.195. The average Bonchev–Trinajstić information content (AvgIpc) is 2.75. The molecule has 7 nitrogen and oxygen atoms in total. The summed E-state index contributed by atoms with van der Waals surface area (Å²) < 4.78 is 5.29. The summed E-state index contributed by atoms with van der Waals surface area (Å²) in [4.78, 5) is 39.7. The molecule has 7 heteroatoms. The summed E-state index contributed by atoms with van der Waals surface area (Å²) in [6, 6.07) is 7.33. The molecule has 1 aliphatic carbocycles. The first-order chi connectivity index (χ1) is 14.7. The maximum Gasteiger partial charge on any atom is 0.407 e. The Morgan fingerprint density at radius 2 is 1.77 bits per heavy atom. The zero-order chi connectivity index (χ0) is 22.6. The average molecular weight is 430 g/mol. The largest absolute Gasteiger partial charge is 0.444 e. The lowest BCUT2D eigenvalue weighted by molar-refractivity contribution is -0.145. The van der Waals surface area contributed by atoms with Crippen molar-refractivity contribution >= 4 is 17.9 Å². The molecule has 2 aliphatic rings. The van der Waals surface area contributed by atoms with Crippen LogP contribution in [0.4, 0.5) is 4.79 Å². The molecule has 170 valence electrons. The van der Waals surface area contributed by atoms with Gasteiger partial charge in [0.25, 0.3) is 0 Å². The number of ether oxygens (including phenoxy) is 1. The molecule has 0 saturated heterocycles. The van der Waals surface area contributed by atoms with Crippen molar-refractivity contribution in [3.05, 3.63) is 35.4 Å². The van der Waals surface area contributed by atoms with Gasteiger partial charge < -0.3 is 20.3 Å². The van der Waals surface area contributed by atoms with Crippen molar-refractivity contribution in [1.29, 1.82) is 0 Å². The van der Waals surface area contributed by atoms with Crippen LogP contribution < -0.4 is 10.6 Å². The molecule has 0 aromatic heterocycles. The number of carbonyl (C=O) groups excluding carboxylic acids is 3. The predicted octanol–water partition coefficient (Wildman–Crippen LogP) is 3.19. The molecule has 0 unspecified atom stereocenters. The van der Waals surface area contributed by atoms with E-state index in [0.29, 0.717) is 19.0 Å². The monoisotopic (exact) mass is 429 g/mol. The molecule has 1 aromatic rings. The summed E-state index contributed by atoms with van der Waals surface area (Å²) >= 11 is 0. The molecule has 1 aromatic carbocycles. The summed E-state index contributed by atoms with van der Waals surface area (Å²) in [6.45, 7) is 6.65. The molecule has 2 N–H and O–H groups in total. The third-order valence-electron chi connectivity index (χ3n) is 6.19. The number of nitrogens with zero attached hydrogens (tertiary/aromatic N) is 1. The topological polar surface area (TPSA) is 87.7 Å². The fraction of sp³-hybridized carbons (Fsp3) is 0.625. The minimum Gasteiger partial charge on any atom is -0.444 e. The van der Waals surface area contributed by atoms with Crippen LogP contribution in [0.15, 0.2) is 24.3 Å². The maximum atomic E-state index is 13.4. The summed E-state index contributed by atoms with van der Waals surface area (Å²) in [5.41, 5.74) is 1.55. The van der Waals surface area contributed by atoms with E-state index >= 15 is 0 Å². The molecule has 1 saturated carbocycles. The Morgan fingerprint density at radius 1 is 1.10 bits per heavy atom. The van der Waals surface area contributed by atoms with E-state index in [1.54, 1.807) is 11.9 Å². The standard InChI is InChI=1S/C24H35N3O4/c1-24(2,3)31-23(30)26-15-16-9-11-18(12-10-16)22(29)27-14-13-17-7-5-6-8-19(17)20(27)21(28)25-4/h5-8,16,18,20H,9-15H2,1-4H3,(H,25,28)(H,26,30)/t16-,18-,20-/m0/s1. The van der Waals surface area contributed by atoms with Crippen molar-refractivity contribution in [2.24, 2.45) is 11.8 Å². The van der Waals surface area contributed by atoms with E-state index < -0.39 is 17.7 Å². The van der Waals surface area contributed by atoms with E-state index in [9.17, 15) is 14.4 Å². The Labute approximate surface area is 184 Å². The smallest absolute Gasteiger partial charge is 0.407 e. The lowest BCUT2D eigenvalue weighted by Crippen LogP contribution is -2.49. The molecule has 1 aliphatic heterocycles. The highest BCUT2D eigenvalue weighted by Gasteiger charge is 2.39. The summed E-state index contributed by atoms with van der Waals surface area (Å²) in [6.07, 6.45) is 3.68. The van der Waals surface area contributed by atoms with E-state index in [1.807, 2.05) is 45.0 Å². The fourth-order valence-corrected chi connectivity index (χ4v) is 4.61. The molecule has 31 heavy (non-hydrogen) atoms. The van der Waals surface area contributed by atoms with Crippen molar-refractivity contribution in [3.63, 3.8) is 0 Å². The number of amides is 3. The number of carbonyl (C=O) groups is 3. The highest BCUT2D eigenvalue weighted by Crippen LogP contribution is 2.35. The fourth-order valence-electron chi connectivity index (χ4n) is 4.61. The van der Waals surface area contributed by atoms with Crippen LogP contribution in [0.2, 0.25) is 0 Å². The Kier molecular flexibility index (Phi) is 7.23. The van der Waals surface area contributed by atoms with Gasteiger partial charge in [0.15, 0.2) is 0 Å². The quantitative estimate of drug-likeness (QED) is 0.769. The molecule has 0 spiro atoms. The SMILES string of the molecule is CNC(=O)[C@@H]1c2ccccc2CCN1C(=O)[C@H]1CC[C@H](CNC(=O)OC(C)(C)C)CC1. The Balaban J connectivity index is 1.57. The van der Waals surface area contributed by atoms with Crippen molar-refractivity contribution in [2.75, 3.05) is 20.1 Å². The normalized spacial score (nSPS) is 23.5. The van der Waals surface area contributed by atoms with Crippen LogP contribution in [-0.4, -0.2) is 48.5 Å². The van der Waals surface area contributed by atoms with Gasteiger partial charge >= 0.3 is 6.09 Å². The lowest BCUT2D eigenvalue weighted by Gasteiger charge is -2.39. The van der Waals surface area contributed by atoms with Crippen molar-refractivity contribution < 1.29 is 19.1 Å². The van der Waals surface area contributed by atoms with Gasteiger partial charge in [-0.1, -0.05) is 24.3 Å². The van der Waals surface area contributed by atoms with Crippen molar-refractivity contribution in [3.8, 4) is 0 Å². The molecule has 1 atom stereocenters. The Hall–Kier alpha value is -2.57. The maximum absolute atomic E-state index is 13.4. The minimum absolute atomic E-state index is 0.0710. The van der Waals surface area contributed by atoms with E-state index in [1.165, 1.54) is 0 Å². The van der Waals surface area contributed by atoms with Crippen LogP contribution in [0.5, 0.6) is 0 Å². The summed E-state index contributed by atoms with van der Waals surface area (Å²) in [7, 11) is 1.62. The van der Waals surface area contributed by atoms with E-state index in [2.05, 4.69) is 10.6 Å². The van der Waals surface area contributed by atoms with Crippen molar-refractivity contribution in [1.82, 2.24) is 15.5 Å². The number of benzene rings is 1. The molecular weight excluding hydrogens is 394 g/mol. The predicted molar refractivity (Wildman–Crippen MR) is 118 cm³/mol. The number of nitrogens with one attached hydrogen (secondary N) is 2. The zero-order valence-corrected chi connectivity index (χ0v) is 19.1.